The van der Waals surface area contributed by atoms with E-state index in [-0.39, 0.29) is 42.7 Å². The van der Waals surface area contributed by atoms with Crippen molar-refractivity contribution in [1.29, 1.82) is 0 Å². The average molecular weight is 557 g/mol. The van der Waals surface area contributed by atoms with E-state index in [0.717, 1.165) is 11.6 Å². The van der Waals surface area contributed by atoms with Gasteiger partial charge in [0.25, 0.3) is 0 Å². The number of H-pyrrole nitrogens is 1. The van der Waals surface area contributed by atoms with Crippen molar-refractivity contribution in [2.75, 3.05) is 26.2 Å². The predicted octanol–water partition coefficient (Wildman–Crippen LogP) is 2.90. The van der Waals surface area contributed by atoms with Gasteiger partial charge in [0.15, 0.2) is 17.3 Å². The Morgan fingerprint density at radius 3 is 2.60 bits per heavy atom. The molecular weight excluding hydrogens is 522 g/mol. The summed E-state index contributed by atoms with van der Waals surface area (Å²) in [5.74, 6) is -2.77. The lowest BCUT2D eigenvalue weighted by atomic mass is 9.93. The van der Waals surface area contributed by atoms with E-state index in [0.29, 0.717) is 38.0 Å². The Balaban J connectivity index is 1.28. The monoisotopic (exact) mass is 556 g/mol. The summed E-state index contributed by atoms with van der Waals surface area (Å²) < 4.78 is 30.3. The SMILES string of the molecule is CC(C)(O)CN1CC(c2cccc(F)c2F)CCC(NC(=O)N2CCC(n3c(=O)[nH]c4ncccc43)CC2)C1=O. The molecule has 2 aliphatic rings. The number of amides is 3. The number of likely N-dealkylation sites (tertiary alicyclic amines) is 2. The van der Waals surface area contributed by atoms with Crippen LogP contribution in [-0.2, 0) is 4.79 Å². The molecule has 10 nitrogen and oxygen atoms in total. The minimum absolute atomic E-state index is 0.0226. The van der Waals surface area contributed by atoms with Crippen LogP contribution in [0.2, 0.25) is 0 Å². The zero-order chi connectivity index (χ0) is 28.6. The van der Waals surface area contributed by atoms with E-state index in [9.17, 15) is 28.3 Å². The molecule has 0 saturated carbocycles. The number of benzene rings is 1. The number of nitrogens with zero attached hydrogens (tertiary/aromatic N) is 4. The quantitative estimate of drug-likeness (QED) is 0.446. The fourth-order valence-corrected chi connectivity index (χ4v) is 5.88. The second kappa shape index (κ2) is 11.0. The number of β-amino-alcohol motifs (C(OH)–C–C–N with tert-alkyl or cyclic N) is 1. The van der Waals surface area contributed by atoms with Gasteiger partial charge in [-0.15, -0.1) is 0 Å². The number of carbonyl (C=O) groups excluding carboxylic acids is 2. The summed E-state index contributed by atoms with van der Waals surface area (Å²) in [5.41, 5.74) is -0.0540. The smallest absolute Gasteiger partial charge is 0.327 e. The van der Waals surface area contributed by atoms with Crippen LogP contribution in [0.15, 0.2) is 41.3 Å². The first kappa shape index (κ1) is 27.8. The van der Waals surface area contributed by atoms with Crippen LogP contribution < -0.4 is 11.0 Å². The van der Waals surface area contributed by atoms with E-state index in [2.05, 4.69) is 15.3 Å². The largest absolute Gasteiger partial charge is 0.389 e. The van der Waals surface area contributed by atoms with E-state index >= 15 is 0 Å². The summed E-state index contributed by atoms with van der Waals surface area (Å²) in [5, 5.41) is 13.3. The lowest BCUT2D eigenvalue weighted by molar-refractivity contribution is -0.135. The number of nitrogens with one attached hydrogen (secondary N) is 2. The Kier molecular flexibility index (Phi) is 7.63. The fourth-order valence-electron chi connectivity index (χ4n) is 5.88. The Labute approximate surface area is 230 Å². The minimum atomic E-state index is -1.22. The molecule has 2 aromatic heterocycles. The second-order valence-electron chi connectivity index (χ2n) is 11.3. The molecule has 4 heterocycles. The molecule has 12 heteroatoms. The highest BCUT2D eigenvalue weighted by Gasteiger charge is 2.37. The first-order valence-corrected chi connectivity index (χ1v) is 13.6. The fraction of sp³-hybridized carbons (Fsp3) is 0.500. The molecule has 2 aliphatic heterocycles. The van der Waals surface area contributed by atoms with Crippen molar-refractivity contribution in [3.63, 3.8) is 0 Å². The molecule has 3 amide bonds. The number of carbonyl (C=O) groups is 2. The van der Waals surface area contributed by atoms with Crippen LogP contribution >= 0.6 is 0 Å². The van der Waals surface area contributed by atoms with Crippen molar-refractivity contribution in [1.82, 2.24) is 29.7 Å². The number of urea groups is 1. The molecule has 0 spiro atoms. The maximum Gasteiger partial charge on any atom is 0.327 e. The number of aromatic amines is 1. The van der Waals surface area contributed by atoms with Crippen LogP contribution in [0, 0.1) is 11.6 Å². The zero-order valence-corrected chi connectivity index (χ0v) is 22.6. The van der Waals surface area contributed by atoms with Crippen molar-refractivity contribution in [2.24, 2.45) is 0 Å². The summed E-state index contributed by atoms with van der Waals surface area (Å²) in [7, 11) is 0. The molecule has 3 N–H and O–H groups in total. The van der Waals surface area contributed by atoms with Gasteiger partial charge in [-0.05, 0) is 63.3 Å². The van der Waals surface area contributed by atoms with Crippen LogP contribution in [0.25, 0.3) is 11.2 Å². The topological polar surface area (TPSA) is 124 Å². The number of pyridine rings is 1. The van der Waals surface area contributed by atoms with Gasteiger partial charge in [-0.3, -0.25) is 14.3 Å². The maximum absolute atomic E-state index is 14.6. The van der Waals surface area contributed by atoms with Gasteiger partial charge in [0.05, 0.1) is 11.1 Å². The minimum Gasteiger partial charge on any atom is -0.389 e. The number of fused-ring (bicyclic) bond motifs is 1. The van der Waals surface area contributed by atoms with Gasteiger partial charge in [-0.1, -0.05) is 12.1 Å². The lowest BCUT2D eigenvalue weighted by Gasteiger charge is -2.34. The number of piperidine rings is 1. The van der Waals surface area contributed by atoms with Crippen molar-refractivity contribution in [3.05, 3.63) is 64.2 Å². The van der Waals surface area contributed by atoms with Crippen LogP contribution in [0.1, 0.15) is 57.1 Å². The number of imidazole rings is 1. The Morgan fingerprint density at radius 2 is 1.88 bits per heavy atom. The van der Waals surface area contributed by atoms with Gasteiger partial charge in [0, 0.05) is 44.3 Å². The summed E-state index contributed by atoms with van der Waals surface area (Å²) >= 11 is 0. The maximum atomic E-state index is 14.6. The number of hydrogen-bond donors (Lipinski definition) is 3. The number of rotatable bonds is 5. The van der Waals surface area contributed by atoms with Gasteiger partial charge in [0.2, 0.25) is 5.91 Å². The molecule has 2 unspecified atom stereocenters. The summed E-state index contributed by atoms with van der Waals surface area (Å²) in [6.45, 7) is 3.98. The molecule has 2 atom stereocenters. The molecule has 2 saturated heterocycles. The Morgan fingerprint density at radius 1 is 1.12 bits per heavy atom. The zero-order valence-electron chi connectivity index (χ0n) is 22.6. The molecular formula is C28H34F2N6O4. The van der Waals surface area contributed by atoms with Crippen LogP contribution in [0.5, 0.6) is 0 Å². The Hall–Kier alpha value is -3.80. The summed E-state index contributed by atoms with van der Waals surface area (Å²) in [6, 6.07) is 6.22. The molecule has 3 aromatic rings. The predicted molar refractivity (Wildman–Crippen MR) is 144 cm³/mol. The third kappa shape index (κ3) is 5.72. The van der Waals surface area contributed by atoms with E-state index < -0.39 is 35.2 Å². The van der Waals surface area contributed by atoms with Gasteiger partial charge < -0.3 is 20.2 Å². The third-order valence-corrected chi connectivity index (χ3v) is 7.76. The number of aromatic nitrogens is 3. The van der Waals surface area contributed by atoms with Gasteiger partial charge in [0.1, 0.15) is 6.04 Å². The number of halogens is 2. The van der Waals surface area contributed by atoms with Crippen LogP contribution in [0.3, 0.4) is 0 Å². The van der Waals surface area contributed by atoms with Gasteiger partial charge >= 0.3 is 11.7 Å². The highest BCUT2D eigenvalue weighted by atomic mass is 19.2. The average Bonchev–Trinajstić information content (AvgIpc) is 3.18. The Bertz CT molecular complexity index is 1460. The normalized spacial score (nSPS) is 21.1. The van der Waals surface area contributed by atoms with Gasteiger partial charge in [-0.25, -0.2) is 23.4 Å². The molecule has 2 fully saturated rings. The van der Waals surface area contributed by atoms with Crippen molar-refractivity contribution < 1.29 is 23.5 Å². The van der Waals surface area contributed by atoms with Gasteiger partial charge in [-0.2, -0.15) is 0 Å². The molecule has 5 rings (SSSR count). The van der Waals surface area contributed by atoms with E-state index in [1.807, 2.05) is 6.07 Å². The van der Waals surface area contributed by atoms with Crippen LogP contribution in [-0.4, -0.2) is 79.2 Å². The molecule has 40 heavy (non-hydrogen) atoms. The first-order valence-electron chi connectivity index (χ1n) is 13.6. The van der Waals surface area contributed by atoms with Crippen molar-refractivity contribution in [3.8, 4) is 0 Å². The van der Waals surface area contributed by atoms with Crippen LogP contribution in [0.4, 0.5) is 13.6 Å². The van der Waals surface area contributed by atoms with Crippen molar-refractivity contribution in [2.45, 2.75) is 63.1 Å². The molecule has 214 valence electrons. The molecule has 0 aliphatic carbocycles. The van der Waals surface area contributed by atoms with Crippen molar-refractivity contribution >= 4 is 23.1 Å². The second-order valence-corrected chi connectivity index (χ2v) is 11.3. The third-order valence-electron chi connectivity index (χ3n) is 7.76. The number of hydrogen-bond acceptors (Lipinski definition) is 5. The molecule has 0 bridgehead atoms. The summed E-state index contributed by atoms with van der Waals surface area (Å²) in [4.78, 5) is 49.3. The number of aliphatic hydroxyl groups is 1. The van der Waals surface area contributed by atoms with E-state index in [1.165, 1.54) is 17.0 Å². The van der Waals surface area contributed by atoms with E-state index in [4.69, 9.17) is 0 Å². The lowest BCUT2D eigenvalue weighted by Crippen LogP contribution is -2.54. The highest BCUT2D eigenvalue weighted by molar-refractivity contribution is 5.87. The summed E-state index contributed by atoms with van der Waals surface area (Å²) in [6.07, 6.45) is 3.31. The standard InChI is InChI=1S/C28H34F2N6O4/c1-28(2,40)16-35-15-17(19-5-3-6-20(29)23(19)30)8-9-21(25(35)37)32-26(38)34-13-10-18(11-14-34)36-22-7-4-12-31-24(22)33-27(36)39/h3-7,12,17-18,21,40H,8-11,13-16H2,1-2H3,(H,32,38)(H,31,33,39). The first-order chi connectivity index (χ1) is 19.0. The molecule has 0 radical (unpaired) electrons. The molecule has 1 aromatic carbocycles. The highest BCUT2D eigenvalue weighted by Crippen LogP contribution is 2.31. The van der Waals surface area contributed by atoms with E-state index in [1.54, 1.807) is 35.6 Å².